The number of nitrogens with one attached hydrogen (secondary N) is 1. The van der Waals surface area contributed by atoms with E-state index in [-0.39, 0.29) is 6.03 Å². The number of nitrogens with zero attached hydrogens (tertiary/aromatic N) is 3. The van der Waals surface area contributed by atoms with Crippen molar-refractivity contribution >= 4 is 11.7 Å². The van der Waals surface area contributed by atoms with E-state index >= 15 is 0 Å². The van der Waals surface area contributed by atoms with Crippen LogP contribution in [-0.2, 0) is 0 Å². The highest BCUT2D eigenvalue weighted by atomic mass is 16.5. The van der Waals surface area contributed by atoms with Crippen molar-refractivity contribution in [1.29, 1.82) is 0 Å². The molecule has 1 aliphatic rings. The van der Waals surface area contributed by atoms with E-state index in [0.717, 1.165) is 25.9 Å². The molecule has 2 rings (SSSR count). The van der Waals surface area contributed by atoms with E-state index in [2.05, 4.69) is 29.1 Å². The van der Waals surface area contributed by atoms with Gasteiger partial charge in [-0.15, -0.1) is 0 Å². The molecule has 1 fully saturated rings. The van der Waals surface area contributed by atoms with E-state index in [1.165, 1.54) is 19.6 Å². The van der Waals surface area contributed by atoms with Gasteiger partial charge in [0.05, 0.1) is 13.3 Å². The number of carbonyl (C=O) groups excluding carboxylic acids is 1. The molecule has 0 radical (unpaired) electrons. The number of anilines is 1. The van der Waals surface area contributed by atoms with Gasteiger partial charge in [0, 0.05) is 18.5 Å². The summed E-state index contributed by atoms with van der Waals surface area (Å²) >= 11 is 0. The molecular formula is C13H20N4O2. The molecule has 6 nitrogen and oxygen atoms in total. The minimum Gasteiger partial charge on any atom is -0.479 e. The van der Waals surface area contributed by atoms with Crippen LogP contribution in [0.25, 0.3) is 0 Å². The van der Waals surface area contributed by atoms with Crippen molar-refractivity contribution < 1.29 is 9.53 Å². The molecule has 6 heteroatoms. The molecule has 1 aromatic rings. The van der Waals surface area contributed by atoms with Crippen LogP contribution in [0.2, 0.25) is 0 Å². The predicted octanol–water partition coefficient (Wildman–Crippen LogP) is 2.14. The Kier molecular flexibility index (Phi) is 3.87. The molecule has 0 unspecified atom stereocenters. The highest BCUT2D eigenvalue weighted by Gasteiger charge is 2.42. The molecule has 1 aromatic heterocycles. The number of hydrogen-bond acceptors (Lipinski definition) is 4. The lowest BCUT2D eigenvalue weighted by Crippen LogP contribution is -2.59. The Hall–Kier alpha value is -1.85. The van der Waals surface area contributed by atoms with E-state index in [0.29, 0.717) is 17.0 Å². The summed E-state index contributed by atoms with van der Waals surface area (Å²) in [6, 6.07) is -0.120. The van der Waals surface area contributed by atoms with E-state index < -0.39 is 0 Å². The van der Waals surface area contributed by atoms with E-state index in [4.69, 9.17) is 4.74 Å². The third-order valence-corrected chi connectivity index (χ3v) is 3.95. The first-order chi connectivity index (χ1) is 9.14. The van der Waals surface area contributed by atoms with Gasteiger partial charge in [-0.1, -0.05) is 13.8 Å². The lowest BCUT2D eigenvalue weighted by Gasteiger charge is -2.49. The largest absolute Gasteiger partial charge is 0.479 e. The Balaban J connectivity index is 1.96. The Morgan fingerprint density at radius 2 is 2.16 bits per heavy atom. The number of hydrogen-bond donors (Lipinski definition) is 1. The fourth-order valence-corrected chi connectivity index (χ4v) is 2.37. The van der Waals surface area contributed by atoms with Crippen LogP contribution < -0.4 is 10.1 Å². The Bertz CT molecular complexity index is 452. The van der Waals surface area contributed by atoms with Crippen molar-refractivity contribution in [3.63, 3.8) is 0 Å². The zero-order valence-corrected chi connectivity index (χ0v) is 11.6. The second kappa shape index (κ2) is 5.42. The monoisotopic (exact) mass is 264 g/mol. The lowest BCUT2D eigenvalue weighted by molar-refractivity contribution is 0.0300. The summed E-state index contributed by atoms with van der Waals surface area (Å²) in [5.74, 6) is 0.376. The van der Waals surface area contributed by atoms with Crippen LogP contribution in [0.1, 0.15) is 26.7 Å². The van der Waals surface area contributed by atoms with E-state index in [1.54, 1.807) is 4.90 Å². The van der Waals surface area contributed by atoms with Gasteiger partial charge in [-0.05, 0) is 12.8 Å². The fraction of sp³-hybridized carbons (Fsp3) is 0.615. The van der Waals surface area contributed by atoms with Crippen LogP contribution in [-0.4, -0.2) is 41.1 Å². The third kappa shape index (κ3) is 2.62. The van der Waals surface area contributed by atoms with Crippen LogP contribution >= 0.6 is 0 Å². The van der Waals surface area contributed by atoms with Gasteiger partial charge in [0.1, 0.15) is 12.0 Å². The molecule has 2 heterocycles. The van der Waals surface area contributed by atoms with Crippen LogP contribution in [0.3, 0.4) is 0 Å². The van der Waals surface area contributed by atoms with Gasteiger partial charge in [0.2, 0.25) is 5.88 Å². The highest BCUT2D eigenvalue weighted by molar-refractivity contribution is 5.91. The van der Waals surface area contributed by atoms with Crippen LogP contribution in [0.5, 0.6) is 5.88 Å². The molecule has 1 N–H and O–H groups in total. The topological polar surface area (TPSA) is 67.4 Å². The van der Waals surface area contributed by atoms with Crippen molar-refractivity contribution in [3.05, 3.63) is 12.5 Å². The summed E-state index contributed by atoms with van der Waals surface area (Å²) in [6.07, 6.45) is 5.13. The fourth-order valence-electron chi connectivity index (χ4n) is 2.37. The average molecular weight is 264 g/mol. The zero-order valence-electron chi connectivity index (χ0n) is 11.6. The summed E-state index contributed by atoms with van der Waals surface area (Å²) < 4.78 is 5.08. The van der Waals surface area contributed by atoms with Crippen LogP contribution in [0.15, 0.2) is 12.5 Å². The molecule has 19 heavy (non-hydrogen) atoms. The maximum atomic E-state index is 12.1. The summed E-state index contributed by atoms with van der Waals surface area (Å²) in [5.41, 5.74) is 0.801. The van der Waals surface area contributed by atoms with Crippen molar-refractivity contribution in [2.45, 2.75) is 26.7 Å². The average Bonchev–Trinajstić information content (AvgIpc) is 2.39. The number of methoxy groups -OCH3 is 1. The standard InChI is InChI=1S/C13H20N4O2/c1-4-13(5-2)7-17(8-13)12(18)16-10-6-14-9-15-11(10)19-3/h6,9H,4-5,7-8H2,1-3H3,(H,16,18). The van der Waals surface area contributed by atoms with E-state index in [9.17, 15) is 4.79 Å². The molecular weight excluding hydrogens is 244 g/mol. The van der Waals surface area contributed by atoms with Gasteiger partial charge in [-0.2, -0.15) is 4.98 Å². The van der Waals surface area contributed by atoms with Gasteiger partial charge in [0.25, 0.3) is 0 Å². The first-order valence-corrected chi connectivity index (χ1v) is 6.54. The number of urea groups is 1. The summed E-state index contributed by atoms with van der Waals surface area (Å²) in [5, 5.41) is 2.79. The third-order valence-electron chi connectivity index (χ3n) is 3.95. The molecule has 0 aliphatic carbocycles. The van der Waals surface area contributed by atoms with Crippen molar-refractivity contribution in [2.75, 3.05) is 25.5 Å². The van der Waals surface area contributed by atoms with Crippen molar-refractivity contribution in [2.24, 2.45) is 5.41 Å². The normalized spacial score (nSPS) is 16.7. The quantitative estimate of drug-likeness (QED) is 0.904. The number of carbonyl (C=O) groups is 1. The first-order valence-electron chi connectivity index (χ1n) is 6.54. The molecule has 2 amide bonds. The molecule has 1 saturated heterocycles. The zero-order chi connectivity index (χ0) is 13.9. The van der Waals surface area contributed by atoms with Crippen LogP contribution in [0, 0.1) is 5.41 Å². The van der Waals surface area contributed by atoms with Gasteiger partial charge < -0.3 is 15.0 Å². The highest BCUT2D eigenvalue weighted by Crippen LogP contribution is 2.37. The lowest BCUT2D eigenvalue weighted by atomic mass is 9.75. The smallest absolute Gasteiger partial charge is 0.322 e. The summed E-state index contributed by atoms with van der Waals surface area (Å²) in [7, 11) is 1.51. The minimum absolute atomic E-state index is 0.120. The second-order valence-electron chi connectivity index (χ2n) is 4.94. The number of amides is 2. The van der Waals surface area contributed by atoms with Crippen molar-refractivity contribution in [1.82, 2.24) is 14.9 Å². The second-order valence-corrected chi connectivity index (χ2v) is 4.94. The van der Waals surface area contributed by atoms with Crippen LogP contribution in [0.4, 0.5) is 10.5 Å². The maximum Gasteiger partial charge on any atom is 0.322 e. The summed E-state index contributed by atoms with van der Waals surface area (Å²) in [6.45, 7) is 5.96. The molecule has 0 atom stereocenters. The molecule has 0 saturated carbocycles. The minimum atomic E-state index is -0.120. The SMILES string of the molecule is CCC1(CC)CN(C(=O)Nc2cncnc2OC)C1. The first kappa shape index (κ1) is 13.6. The van der Waals surface area contributed by atoms with Crippen molar-refractivity contribution in [3.8, 4) is 5.88 Å². The van der Waals surface area contributed by atoms with Gasteiger partial charge in [-0.3, -0.25) is 0 Å². The summed E-state index contributed by atoms with van der Waals surface area (Å²) in [4.78, 5) is 21.7. The van der Waals surface area contributed by atoms with Gasteiger partial charge in [0.15, 0.2) is 0 Å². The number of rotatable bonds is 4. The van der Waals surface area contributed by atoms with Gasteiger partial charge in [-0.25, -0.2) is 9.78 Å². The maximum absolute atomic E-state index is 12.1. The number of likely N-dealkylation sites (tertiary alicyclic amines) is 1. The molecule has 0 spiro atoms. The molecule has 104 valence electrons. The Morgan fingerprint density at radius 1 is 1.47 bits per heavy atom. The number of aromatic nitrogens is 2. The van der Waals surface area contributed by atoms with Gasteiger partial charge >= 0.3 is 6.03 Å². The Labute approximate surface area is 113 Å². The predicted molar refractivity (Wildman–Crippen MR) is 72.2 cm³/mol. The number of ether oxygens (including phenoxy) is 1. The molecule has 0 bridgehead atoms. The Morgan fingerprint density at radius 3 is 2.74 bits per heavy atom. The molecule has 0 aromatic carbocycles. The van der Waals surface area contributed by atoms with E-state index in [1.807, 2.05) is 0 Å². The molecule has 1 aliphatic heterocycles.